The standard InChI is InChI=1S/C9H10BrF2NO/c1-5-3-6(8(11)12)7(4-10)13-9(5)14-2/h3,8H,4H2,1-2H3. The normalized spacial score (nSPS) is 10.7. The predicted octanol–water partition coefficient (Wildman–Crippen LogP) is 3.23. The Balaban J connectivity index is 3.24. The van der Waals surface area contributed by atoms with Gasteiger partial charge in [0.05, 0.1) is 12.8 Å². The largest absolute Gasteiger partial charge is 0.481 e. The minimum Gasteiger partial charge on any atom is -0.481 e. The van der Waals surface area contributed by atoms with Crippen LogP contribution in [0.5, 0.6) is 5.88 Å². The van der Waals surface area contributed by atoms with Crippen LogP contribution in [0, 0.1) is 6.92 Å². The summed E-state index contributed by atoms with van der Waals surface area (Å²) in [6.07, 6.45) is -2.50. The van der Waals surface area contributed by atoms with Crippen molar-refractivity contribution in [1.29, 1.82) is 0 Å². The first kappa shape index (κ1) is 11.4. The Morgan fingerprint density at radius 1 is 1.57 bits per heavy atom. The van der Waals surface area contributed by atoms with Gasteiger partial charge in [-0.1, -0.05) is 15.9 Å². The molecule has 0 atom stereocenters. The summed E-state index contributed by atoms with van der Waals surface area (Å²) in [7, 11) is 1.47. The summed E-state index contributed by atoms with van der Waals surface area (Å²) in [5.74, 6) is 0.392. The molecule has 0 N–H and O–H groups in total. The van der Waals surface area contributed by atoms with E-state index >= 15 is 0 Å². The number of methoxy groups -OCH3 is 1. The summed E-state index contributed by atoms with van der Waals surface area (Å²) in [6.45, 7) is 1.69. The van der Waals surface area contributed by atoms with E-state index in [4.69, 9.17) is 4.74 Å². The highest BCUT2D eigenvalue weighted by molar-refractivity contribution is 9.08. The lowest BCUT2D eigenvalue weighted by atomic mass is 10.1. The maximum atomic E-state index is 12.5. The van der Waals surface area contributed by atoms with E-state index in [1.165, 1.54) is 13.2 Å². The van der Waals surface area contributed by atoms with Crippen LogP contribution < -0.4 is 4.74 Å². The van der Waals surface area contributed by atoms with E-state index in [9.17, 15) is 8.78 Å². The molecule has 0 aromatic carbocycles. The Hall–Kier alpha value is -0.710. The molecule has 1 aromatic heterocycles. The van der Waals surface area contributed by atoms with Crippen molar-refractivity contribution in [2.75, 3.05) is 7.11 Å². The topological polar surface area (TPSA) is 22.1 Å². The highest BCUT2D eigenvalue weighted by atomic mass is 79.9. The van der Waals surface area contributed by atoms with Crippen molar-refractivity contribution in [2.45, 2.75) is 18.7 Å². The predicted molar refractivity (Wildman–Crippen MR) is 53.1 cm³/mol. The fraction of sp³-hybridized carbons (Fsp3) is 0.444. The number of ether oxygens (including phenoxy) is 1. The van der Waals surface area contributed by atoms with Crippen molar-refractivity contribution in [3.05, 3.63) is 22.9 Å². The molecular formula is C9H10BrF2NO. The second kappa shape index (κ2) is 4.68. The third-order valence-electron chi connectivity index (χ3n) is 1.83. The van der Waals surface area contributed by atoms with Crippen LogP contribution in [0.25, 0.3) is 0 Å². The summed E-state index contributed by atoms with van der Waals surface area (Å²) in [5, 5.41) is 0.295. The summed E-state index contributed by atoms with van der Waals surface area (Å²) in [5.41, 5.74) is 0.898. The van der Waals surface area contributed by atoms with Gasteiger partial charge in [0.15, 0.2) is 0 Å². The van der Waals surface area contributed by atoms with E-state index < -0.39 is 6.43 Å². The van der Waals surface area contributed by atoms with Gasteiger partial charge in [0, 0.05) is 16.5 Å². The number of alkyl halides is 3. The summed E-state index contributed by atoms with van der Waals surface area (Å²) in [6, 6.07) is 1.41. The van der Waals surface area contributed by atoms with Gasteiger partial charge in [-0.05, 0) is 13.0 Å². The van der Waals surface area contributed by atoms with Gasteiger partial charge in [0.25, 0.3) is 6.43 Å². The molecule has 78 valence electrons. The number of halogens is 3. The fourth-order valence-corrected chi connectivity index (χ4v) is 1.61. The molecule has 1 rings (SSSR count). The van der Waals surface area contributed by atoms with Gasteiger partial charge in [-0.15, -0.1) is 0 Å². The van der Waals surface area contributed by atoms with E-state index in [1.54, 1.807) is 6.92 Å². The highest BCUT2D eigenvalue weighted by Gasteiger charge is 2.16. The van der Waals surface area contributed by atoms with Crippen molar-refractivity contribution in [2.24, 2.45) is 0 Å². The Bertz CT molecular complexity index is 331. The first-order valence-corrected chi connectivity index (χ1v) is 5.10. The van der Waals surface area contributed by atoms with Crippen molar-refractivity contribution in [3.63, 3.8) is 0 Å². The average molecular weight is 266 g/mol. The van der Waals surface area contributed by atoms with Crippen LogP contribution in [0.4, 0.5) is 8.78 Å². The number of hydrogen-bond acceptors (Lipinski definition) is 2. The van der Waals surface area contributed by atoms with Crippen LogP contribution >= 0.6 is 15.9 Å². The van der Waals surface area contributed by atoms with Crippen LogP contribution in [0.3, 0.4) is 0 Å². The van der Waals surface area contributed by atoms with Crippen molar-refractivity contribution in [3.8, 4) is 5.88 Å². The van der Waals surface area contributed by atoms with Gasteiger partial charge in [0.2, 0.25) is 5.88 Å². The molecule has 1 aromatic rings. The smallest absolute Gasteiger partial charge is 0.265 e. The SMILES string of the molecule is COc1nc(CBr)c(C(F)F)cc1C. The second-order valence-electron chi connectivity index (χ2n) is 2.78. The van der Waals surface area contributed by atoms with E-state index in [2.05, 4.69) is 20.9 Å². The van der Waals surface area contributed by atoms with Crippen molar-refractivity contribution < 1.29 is 13.5 Å². The second-order valence-corrected chi connectivity index (χ2v) is 3.35. The molecule has 0 saturated carbocycles. The molecule has 0 aliphatic rings. The molecule has 1 heterocycles. The Morgan fingerprint density at radius 3 is 2.64 bits per heavy atom. The maximum absolute atomic E-state index is 12.5. The lowest BCUT2D eigenvalue weighted by Crippen LogP contribution is -2.01. The van der Waals surface area contributed by atoms with Gasteiger partial charge in [0.1, 0.15) is 0 Å². The number of aryl methyl sites for hydroxylation is 1. The zero-order valence-electron chi connectivity index (χ0n) is 7.85. The first-order chi connectivity index (χ1) is 6.60. The molecule has 0 fully saturated rings. The molecule has 0 amide bonds. The van der Waals surface area contributed by atoms with Gasteiger partial charge in [-0.3, -0.25) is 0 Å². The molecule has 0 unspecified atom stereocenters. The van der Waals surface area contributed by atoms with Crippen LogP contribution in [-0.4, -0.2) is 12.1 Å². The zero-order valence-corrected chi connectivity index (χ0v) is 9.44. The number of hydrogen-bond donors (Lipinski definition) is 0. The van der Waals surface area contributed by atoms with E-state index in [0.29, 0.717) is 22.5 Å². The summed E-state index contributed by atoms with van der Waals surface area (Å²) < 4.78 is 30.0. The molecule has 14 heavy (non-hydrogen) atoms. The number of nitrogens with zero attached hydrogens (tertiary/aromatic N) is 1. The maximum Gasteiger partial charge on any atom is 0.265 e. The monoisotopic (exact) mass is 265 g/mol. The molecule has 0 saturated heterocycles. The summed E-state index contributed by atoms with van der Waals surface area (Å²) >= 11 is 3.11. The molecule has 0 spiro atoms. The van der Waals surface area contributed by atoms with Crippen LogP contribution in [0.2, 0.25) is 0 Å². The van der Waals surface area contributed by atoms with E-state index in [-0.39, 0.29) is 5.56 Å². The van der Waals surface area contributed by atoms with Crippen LogP contribution in [0.1, 0.15) is 23.2 Å². The third-order valence-corrected chi connectivity index (χ3v) is 2.37. The lowest BCUT2D eigenvalue weighted by molar-refractivity contribution is 0.149. The lowest BCUT2D eigenvalue weighted by Gasteiger charge is -2.10. The molecule has 2 nitrogen and oxygen atoms in total. The minimum absolute atomic E-state index is 0.0415. The fourth-order valence-electron chi connectivity index (χ4n) is 1.16. The minimum atomic E-state index is -2.50. The van der Waals surface area contributed by atoms with E-state index in [0.717, 1.165) is 0 Å². The Kier molecular flexibility index (Phi) is 3.80. The van der Waals surface area contributed by atoms with E-state index in [1.807, 2.05) is 0 Å². The molecule has 0 radical (unpaired) electrons. The van der Waals surface area contributed by atoms with Gasteiger partial charge >= 0.3 is 0 Å². The van der Waals surface area contributed by atoms with Crippen LogP contribution in [0.15, 0.2) is 6.07 Å². The average Bonchev–Trinajstić information content (AvgIpc) is 2.17. The first-order valence-electron chi connectivity index (χ1n) is 3.98. The summed E-state index contributed by atoms with van der Waals surface area (Å²) in [4.78, 5) is 3.98. The Morgan fingerprint density at radius 2 is 2.21 bits per heavy atom. The molecule has 5 heteroatoms. The van der Waals surface area contributed by atoms with Gasteiger partial charge < -0.3 is 4.74 Å². The number of rotatable bonds is 3. The van der Waals surface area contributed by atoms with Crippen molar-refractivity contribution in [1.82, 2.24) is 4.98 Å². The zero-order chi connectivity index (χ0) is 10.7. The molecule has 0 aliphatic heterocycles. The number of pyridine rings is 1. The highest BCUT2D eigenvalue weighted by Crippen LogP contribution is 2.27. The molecular weight excluding hydrogens is 256 g/mol. The van der Waals surface area contributed by atoms with Crippen molar-refractivity contribution >= 4 is 15.9 Å². The van der Waals surface area contributed by atoms with Gasteiger partial charge in [-0.2, -0.15) is 0 Å². The quantitative estimate of drug-likeness (QED) is 0.783. The molecule has 0 aliphatic carbocycles. The Labute approximate surface area is 89.4 Å². The van der Waals surface area contributed by atoms with Crippen LogP contribution in [-0.2, 0) is 5.33 Å². The number of aromatic nitrogens is 1. The molecule has 0 bridgehead atoms. The third kappa shape index (κ3) is 2.20. The van der Waals surface area contributed by atoms with Gasteiger partial charge in [-0.25, -0.2) is 13.8 Å².